The van der Waals surface area contributed by atoms with Gasteiger partial charge in [0.05, 0.1) is 7.11 Å². The van der Waals surface area contributed by atoms with Gasteiger partial charge in [-0.15, -0.1) is 0 Å². The fourth-order valence-corrected chi connectivity index (χ4v) is 1.97. The number of hydrogen-bond acceptors (Lipinski definition) is 3. The topological polar surface area (TPSA) is 47.3 Å². The van der Waals surface area contributed by atoms with Crippen LogP contribution in [0, 0.1) is 5.82 Å². The van der Waals surface area contributed by atoms with E-state index in [0.29, 0.717) is 11.3 Å². The first kappa shape index (κ1) is 10.4. The minimum Gasteiger partial charge on any atom is -0.497 e. The van der Waals surface area contributed by atoms with Crippen molar-refractivity contribution in [2.75, 3.05) is 20.2 Å². The summed E-state index contributed by atoms with van der Waals surface area (Å²) < 4.78 is 18.7. The number of rotatable bonds is 2. The molecule has 1 aromatic rings. The van der Waals surface area contributed by atoms with E-state index in [1.807, 2.05) is 0 Å². The molecule has 15 heavy (non-hydrogen) atoms. The maximum absolute atomic E-state index is 13.6. The Labute approximate surface area is 88.4 Å². The number of methoxy groups -OCH3 is 1. The Hall–Kier alpha value is -1.13. The molecule has 2 rings (SSSR count). The lowest BCUT2D eigenvalue weighted by Gasteiger charge is -2.16. The molecule has 0 aliphatic carbocycles. The highest BCUT2D eigenvalue weighted by molar-refractivity contribution is 5.34. The van der Waals surface area contributed by atoms with E-state index in [2.05, 4.69) is 5.32 Å². The molecule has 0 aromatic heterocycles. The molecular weight excluding hydrogens is 195 g/mol. The molecule has 0 bridgehead atoms. The lowest BCUT2D eigenvalue weighted by molar-refractivity contribution is 0.411. The molecule has 1 aromatic carbocycles. The van der Waals surface area contributed by atoms with Gasteiger partial charge in [-0.3, -0.25) is 0 Å². The minimum absolute atomic E-state index is 0.0217. The van der Waals surface area contributed by atoms with E-state index in [1.165, 1.54) is 6.07 Å². The van der Waals surface area contributed by atoms with Gasteiger partial charge >= 0.3 is 0 Å². The molecule has 0 saturated carbocycles. The summed E-state index contributed by atoms with van der Waals surface area (Å²) in [6, 6.07) is 4.75. The van der Waals surface area contributed by atoms with Crippen molar-refractivity contribution in [3.8, 4) is 5.75 Å². The second-order valence-electron chi connectivity index (χ2n) is 3.82. The van der Waals surface area contributed by atoms with Crippen LogP contribution < -0.4 is 15.8 Å². The van der Waals surface area contributed by atoms with Crippen molar-refractivity contribution in [2.24, 2.45) is 5.73 Å². The van der Waals surface area contributed by atoms with Crippen LogP contribution >= 0.6 is 0 Å². The summed E-state index contributed by atoms with van der Waals surface area (Å²) in [6.07, 6.45) is 0. The Morgan fingerprint density at radius 3 is 2.87 bits per heavy atom. The Bertz CT molecular complexity index is 356. The highest BCUT2D eigenvalue weighted by Gasteiger charge is 2.27. The van der Waals surface area contributed by atoms with E-state index in [0.717, 1.165) is 13.1 Å². The molecule has 1 heterocycles. The normalized spacial score (nSPS) is 25.5. The molecule has 1 aliphatic heterocycles. The Balaban J connectivity index is 2.33. The Morgan fingerprint density at radius 2 is 2.27 bits per heavy atom. The third-order valence-corrected chi connectivity index (χ3v) is 2.86. The number of ether oxygens (including phenoxy) is 1. The summed E-state index contributed by atoms with van der Waals surface area (Å²) in [5.41, 5.74) is 6.55. The third-order valence-electron chi connectivity index (χ3n) is 2.86. The van der Waals surface area contributed by atoms with Crippen molar-refractivity contribution in [1.29, 1.82) is 0 Å². The SMILES string of the molecule is COc1ccc(F)c([C@H]2CNCC2N)c1. The molecule has 1 saturated heterocycles. The van der Waals surface area contributed by atoms with Gasteiger partial charge in [-0.1, -0.05) is 0 Å². The van der Waals surface area contributed by atoms with Gasteiger partial charge in [0, 0.05) is 25.0 Å². The van der Waals surface area contributed by atoms with Crippen LogP contribution in [0.3, 0.4) is 0 Å². The molecule has 82 valence electrons. The predicted molar refractivity (Wildman–Crippen MR) is 56.5 cm³/mol. The first-order valence-electron chi connectivity index (χ1n) is 5.02. The van der Waals surface area contributed by atoms with Gasteiger partial charge in [-0.05, 0) is 23.8 Å². The largest absolute Gasteiger partial charge is 0.497 e. The van der Waals surface area contributed by atoms with E-state index >= 15 is 0 Å². The number of benzene rings is 1. The number of nitrogens with two attached hydrogens (primary N) is 1. The molecule has 2 atom stereocenters. The third kappa shape index (κ3) is 1.96. The van der Waals surface area contributed by atoms with Gasteiger partial charge in [-0.2, -0.15) is 0 Å². The Kier molecular flexibility index (Phi) is 2.88. The predicted octanol–water partition coefficient (Wildman–Crippen LogP) is 0.848. The lowest BCUT2D eigenvalue weighted by Crippen LogP contribution is -2.28. The van der Waals surface area contributed by atoms with Crippen molar-refractivity contribution in [1.82, 2.24) is 5.32 Å². The summed E-state index contributed by atoms with van der Waals surface area (Å²) >= 11 is 0. The van der Waals surface area contributed by atoms with Gasteiger partial charge in [0.15, 0.2) is 0 Å². The lowest BCUT2D eigenvalue weighted by atomic mass is 9.94. The molecule has 1 unspecified atom stereocenters. The smallest absolute Gasteiger partial charge is 0.127 e. The second kappa shape index (κ2) is 4.16. The quantitative estimate of drug-likeness (QED) is 0.760. The zero-order chi connectivity index (χ0) is 10.8. The fraction of sp³-hybridized carbons (Fsp3) is 0.455. The van der Waals surface area contributed by atoms with Crippen molar-refractivity contribution in [3.05, 3.63) is 29.6 Å². The van der Waals surface area contributed by atoms with Gasteiger partial charge in [-0.25, -0.2) is 4.39 Å². The van der Waals surface area contributed by atoms with E-state index in [1.54, 1.807) is 19.2 Å². The molecular formula is C11H15FN2O. The van der Waals surface area contributed by atoms with Crippen LogP contribution in [0.4, 0.5) is 4.39 Å². The molecule has 4 heteroatoms. The van der Waals surface area contributed by atoms with Gasteiger partial charge < -0.3 is 15.8 Å². The van der Waals surface area contributed by atoms with E-state index < -0.39 is 0 Å². The zero-order valence-corrected chi connectivity index (χ0v) is 8.66. The number of halogens is 1. The van der Waals surface area contributed by atoms with Gasteiger partial charge in [0.2, 0.25) is 0 Å². The van der Waals surface area contributed by atoms with Crippen LogP contribution in [0.25, 0.3) is 0 Å². The Morgan fingerprint density at radius 1 is 1.47 bits per heavy atom. The summed E-state index contributed by atoms with van der Waals surface area (Å²) in [5.74, 6) is 0.505. The molecule has 0 spiro atoms. The van der Waals surface area contributed by atoms with Gasteiger partial charge in [0.25, 0.3) is 0 Å². The number of nitrogens with one attached hydrogen (secondary N) is 1. The minimum atomic E-state index is -0.208. The first-order valence-corrected chi connectivity index (χ1v) is 5.02. The van der Waals surface area contributed by atoms with E-state index in [9.17, 15) is 4.39 Å². The van der Waals surface area contributed by atoms with Crippen LogP contribution in [0.1, 0.15) is 11.5 Å². The van der Waals surface area contributed by atoms with Crippen molar-refractivity contribution in [2.45, 2.75) is 12.0 Å². The summed E-state index contributed by atoms with van der Waals surface area (Å²) in [7, 11) is 1.57. The van der Waals surface area contributed by atoms with Crippen molar-refractivity contribution < 1.29 is 9.13 Å². The summed E-state index contributed by atoms with van der Waals surface area (Å²) in [5, 5.41) is 3.15. The average Bonchev–Trinajstić information content (AvgIpc) is 2.65. The van der Waals surface area contributed by atoms with E-state index in [4.69, 9.17) is 10.5 Å². The first-order chi connectivity index (χ1) is 7.22. The maximum Gasteiger partial charge on any atom is 0.127 e. The second-order valence-corrected chi connectivity index (χ2v) is 3.82. The highest BCUT2D eigenvalue weighted by Crippen LogP contribution is 2.27. The van der Waals surface area contributed by atoms with Crippen molar-refractivity contribution >= 4 is 0 Å². The molecule has 0 radical (unpaired) electrons. The zero-order valence-electron chi connectivity index (χ0n) is 8.66. The molecule has 3 nitrogen and oxygen atoms in total. The highest BCUT2D eigenvalue weighted by atomic mass is 19.1. The maximum atomic E-state index is 13.6. The van der Waals surface area contributed by atoms with E-state index in [-0.39, 0.29) is 17.8 Å². The molecule has 3 N–H and O–H groups in total. The van der Waals surface area contributed by atoms with Crippen LogP contribution in [-0.2, 0) is 0 Å². The molecule has 1 fully saturated rings. The van der Waals surface area contributed by atoms with Crippen LogP contribution in [0.5, 0.6) is 5.75 Å². The van der Waals surface area contributed by atoms with Crippen LogP contribution in [0.2, 0.25) is 0 Å². The van der Waals surface area contributed by atoms with Crippen LogP contribution in [0.15, 0.2) is 18.2 Å². The van der Waals surface area contributed by atoms with Gasteiger partial charge in [0.1, 0.15) is 11.6 Å². The standard InChI is InChI=1S/C11H15FN2O/c1-15-7-2-3-10(12)8(4-7)9-5-14-6-11(9)13/h2-4,9,11,14H,5-6,13H2,1H3/t9-,11?/m1/s1. The monoisotopic (exact) mass is 210 g/mol. The molecule has 1 aliphatic rings. The molecule has 0 amide bonds. The fourth-order valence-electron chi connectivity index (χ4n) is 1.97. The average molecular weight is 210 g/mol. The number of hydrogen-bond donors (Lipinski definition) is 2. The van der Waals surface area contributed by atoms with Crippen LogP contribution in [-0.4, -0.2) is 26.2 Å². The summed E-state index contributed by atoms with van der Waals surface area (Å²) in [6.45, 7) is 1.46. The summed E-state index contributed by atoms with van der Waals surface area (Å²) in [4.78, 5) is 0. The van der Waals surface area contributed by atoms with Crippen molar-refractivity contribution in [3.63, 3.8) is 0 Å².